The molecule has 1 amide bonds. The first kappa shape index (κ1) is 42.7. The molecule has 0 aliphatic carbocycles. The molecule has 0 saturated heterocycles. The lowest BCUT2D eigenvalue weighted by atomic mass is 10.1. The van der Waals surface area contributed by atoms with Crippen LogP contribution in [0.1, 0.15) is 78.3 Å². The number of aromatic nitrogens is 6. The first-order chi connectivity index (χ1) is 24.0. The molecule has 50 heavy (non-hydrogen) atoms. The van der Waals surface area contributed by atoms with Gasteiger partial charge in [-0.05, 0) is 19.8 Å². The van der Waals surface area contributed by atoms with Crippen molar-refractivity contribution in [2.24, 2.45) is 0 Å². The third kappa shape index (κ3) is 17.2. The van der Waals surface area contributed by atoms with E-state index in [1.807, 2.05) is 0 Å². The van der Waals surface area contributed by atoms with Gasteiger partial charge in [-0.2, -0.15) is 25.3 Å². The van der Waals surface area contributed by atoms with E-state index >= 15 is 0 Å². The summed E-state index contributed by atoms with van der Waals surface area (Å²) in [6, 6.07) is 3.08. The van der Waals surface area contributed by atoms with Crippen LogP contribution in [0, 0.1) is 20.8 Å². The van der Waals surface area contributed by atoms with Crippen molar-refractivity contribution in [1.29, 1.82) is 0 Å². The number of amides is 1. The number of rotatable bonds is 16. The van der Waals surface area contributed by atoms with Crippen LogP contribution < -0.4 is 19.5 Å². The van der Waals surface area contributed by atoms with E-state index in [2.05, 4.69) is 35.9 Å². The molecular weight excluding hydrogens is 731 g/mol. The molecule has 0 unspecified atom stereocenters. The Kier molecular flexibility index (Phi) is 21.1. The number of nitrogens with one attached hydrogen (secondary N) is 1. The Morgan fingerprint density at radius 1 is 0.640 bits per heavy atom. The van der Waals surface area contributed by atoms with Crippen molar-refractivity contribution in [2.45, 2.75) is 73.2 Å². The Morgan fingerprint density at radius 3 is 1.40 bits per heavy atom. The van der Waals surface area contributed by atoms with E-state index in [0.717, 1.165) is 12.8 Å². The van der Waals surface area contributed by atoms with Gasteiger partial charge in [-0.25, -0.2) is 0 Å². The van der Waals surface area contributed by atoms with Crippen molar-refractivity contribution in [3.8, 4) is 17.2 Å². The summed E-state index contributed by atoms with van der Waals surface area (Å²) in [5.41, 5.74) is 0.113. The van der Waals surface area contributed by atoms with Gasteiger partial charge in [-0.1, -0.05) is 6.42 Å². The van der Waals surface area contributed by atoms with Crippen molar-refractivity contribution in [3.63, 3.8) is 0 Å². The second kappa shape index (κ2) is 24.7. The molecule has 1 aromatic carbocycles. The Hall–Kier alpha value is -5.36. The number of benzene rings is 1. The van der Waals surface area contributed by atoms with Crippen LogP contribution in [0.2, 0.25) is 0 Å². The summed E-state index contributed by atoms with van der Waals surface area (Å²) < 4.78 is 83.7. The van der Waals surface area contributed by atoms with Gasteiger partial charge in [0.2, 0.25) is 17.7 Å². The molecule has 3 heterocycles. The molecule has 24 heteroatoms. The largest absolute Gasteiger partial charge is 0.484 e. The summed E-state index contributed by atoms with van der Waals surface area (Å²) in [5.74, 6) is 2.13. The fraction of sp³-hybridized carbons (Fsp3) is 0.462. The molecular formula is C26H31N7O14S3. The van der Waals surface area contributed by atoms with Crippen LogP contribution in [0.4, 0.5) is 0 Å². The maximum atomic E-state index is 13.4. The number of unbranched alkanes of at least 4 members (excludes halogenated alkanes) is 2. The van der Waals surface area contributed by atoms with Crippen molar-refractivity contribution < 1.29 is 62.3 Å². The lowest BCUT2D eigenvalue weighted by Gasteiger charge is -2.17. The first-order valence-electron chi connectivity index (χ1n) is 14.0. The Bertz CT molecular complexity index is 1670. The predicted octanol–water partition coefficient (Wildman–Crippen LogP) is 1.37. The van der Waals surface area contributed by atoms with E-state index in [4.69, 9.17) is 52.7 Å². The van der Waals surface area contributed by atoms with Crippen molar-refractivity contribution in [3.05, 3.63) is 53.0 Å². The molecule has 1 N–H and O–H groups in total. The number of hydrogen-bond donors (Lipinski definition) is 1. The smallest absolute Gasteiger partial charge is 0.335 e. The zero-order chi connectivity index (χ0) is 37.3. The molecule has 0 saturated carbocycles. The molecule has 0 aliphatic rings. The maximum absolute atomic E-state index is 13.4. The highest BCUT2D eigenvalue weighted by atomic mass is 32.1. The predicted molar refractivity (Wildman–Crippen MR) is 165 cm³/mol. The average Bonchev–Trinajstić information content (AvgIpc) is 3.81. The van der Waals surface area contributed by atoms with Crippen LogP contribution in [-0.2, 0) is 59.3 Å². The highest BCUT2D eigenvalue weighted by molar-refractivity contribution is 7.52. The molecule has 4 rings (SSSR count). The standard InChI is InChI=1S/C26H31N7O8.3O2S/c1-15(34)8-6-5-7-9-27-26(35)25-20(37-13-23-32-29-17(3)40-23)10-19(36-12-22-31-28-16(2)39-22)11-21(25)38-14-24-33-30-18(4)41-24;3*1-3-2/h10-11H,5-9,12-14H2,1-4H3,(H,27,35);;;. The van der Waals surface area contributed by atoms with Crippen molar-refractivity contribution in [2.75, 3.05) is 6.54 Å². The molecule has 0 spiro atoms. The zero-order valence-corrected chi connectivity index (χ0v) is 29.4. The molecule has 0 radical (unpaired) electrons. The number of Topliss-reactive ketones (excluding diaryl/α,β-unsaturated/α-hetero) is 1. The average molecular weight is 762 g/mol. The minimum atomic E-state index is -0.750. The molecule has 4 aromatic rings. The van der Waals surface area contributed by atoms with E-state index in [-0.39, 0.29) is 60.3 Å². The van der Waals surface area contributed by atoms with Gasteiger partial charge in [0.05, 0.1) is 0 Å². The second-order valence-corrected chi connectivity index (χ2v) is 9.69. The quantitative estimate of drug-likeness (QED) is 0.158. The summed E-state index contributed by atoms with van der Waals surface area (Å²) in [4.78, 5) is 24.6. The number of ether oxygens (including phenoxy) is 3. The van der Waals surface area contributed by atoms with Gasteiger partial charge in [0.15, 0.2) is 19.8 Å². The lowest BCUT2D eigenvalue weighted by molar-refractivity contribution is -0.117. The third-order valence-electron chi connectivity index (χ3n) is 5.53. The first-order valence-corrected chi connectivity index (χ1v) is 16.0. The number of nitrogens with zero attached hydrogens (tertiary/aromatic N) is 6. The zero-order valence-electron chi connectivity index (χ0n) is 26.9. The van der Waals surface area contributed by atoms with Crippen LogP contribution in [-0.4, -0.2) is 74.1 Å². The minimum Gasteiger partial charge on any atom is -0.484 e. The van der Waals surface area contributed by atoms with E-state index < -0.39 is 40.6 Å². The number of carbonyl (C=O) groups is 2. The van der Waals surface area contributed by atoms with Gasteiger partial charge in [-0.3, -0.25) is 4.79 Å². The van der Waals surface area contributed by atoms with E-state index in [9.17, 15) is 9.59 Å². The Balaban J connectivity index is 0.00000125. The van der Waals surface area contributed by atoms with Crippen LogP contribution in [0.5, 0.6) is 17.2 Å². The number of ketones is 1. The Morgan fingerprint density at radius 2 is 1.04 bits per heavy atom. The molecule has 0 atom stereocenters. The lowest BCUT2D eigenvalue weighted by Crippen LogP contribution is -2.26. The van der Waals surface area contributed by atoms with E-state index in [0.29, 0.717) is 42.8 Å². The SMILES string of the molecule is CC(=O)CCCCCNC(=O)c1c(OCc2nnc(C)o2)cc(OCc2nnc(C)o2)cc1OCc1nnc(C)o1.O=S=O.O=S=O.O=S=O. The highest BCUT2D eigenvalue weighted by Gasteiger charge is 2.23. The number of hydrogen-bond acceptors (Lipinski definition) is 20. The highest BCUT2D eigenvalue weighted by Crippen LogP contribution is 2.36. The monoisotopic (exact) mass is 761 g/mol. The van der Waals surface area contributed by atoms with Crippen molar-refractivity contribution >= 4 is 46.4 Å². The fourth-order valence-electron chi connectivity index (χ4n) is 3.68. The molecule has 0 bridgehead atoms. The van der Waals surface area contributed by atoms with E-state index in [1.54, 1.807) is 27.7 Å². The van der Waals surface area contributed by atoms with Gasteiger partial charge in [0.1, 0.15) is 28.6 Å². The van der Waals surface area contributed by atoms with E-state index in [1.165, 1.54) is 12.1 Å². The van der Waals surface area contributed by atoms with Gasteiger partial charge in [-0.15, -0.1) is 30.6 Å². The number of carbonyl (C=O) groups excluding carboxylic acids is 2. The van der Waals surface area contributed by atoms with Gasteiger partial charge >= 0.3 is 34.7 Å². The minimum absolute atomic E-state index is 0.0305. The van der Waals surface area contributed by atoms with Crippen LogP contribution in [0.3, 0.4) is 0 Å². The molecule has 21 nitrogen and oxygen atoms in total. The van der Waals surface area contributed by atoms with Crippen molar-refractivity contribution in [1.82, 2.24) is 35.9 Å². The molecule has 0 aliphatic heterocycles. The summed E-state index contributed by atoms with van der Waals surface area (Å²) in [5, 5.41) is 26.1. The van der Waals surface area contributed by atoms with Gasteiger partial charge in [0, 0.05) is 45.9 Å². The number of aryl methyl sites for hydroxylation is 3. The van der Waals surface area contributed by atoms with Crippen LogP contribution >= 0.6 is 0 Å². The van der Waals surface area contributed by atoms with Gasteiger partial charge in [0.25, 0.3) is 23.6 Å². The summed E-state index contributed by atoms with van der Waals surface area (Å²) in [6.45, 7) is 6.68. The summed E-state index contributed by atoms with van der Waals surface area (Å²) in [7, 11) is 0. The summed E-state index contributed by atoms with van der Waals surface area (Å²) >= 11 is -2.25. The topological polar surface area (TPSA) is 293 Å². The molecule has 0 fully saturated rings. The fourth-order valence-corrected chi connectivity index (χ4v) is 3.68. The maximum Gasteiger partial charge on any atom is 0.335 e. The van der Waals surface area contributed by atoms with Gasteiger partial charge < -0.3 is 37.6 Å². The van der Waals surface area contributed by atoms with Crippen LogP contribution in [0.25, 0.3) is 0 Å². The van der Waals surface area contributed by atoms with Crippen LogP contribution in [0.15, 0.2) is 25.4 Å². The second-order valence-electron chi connectivity index (χ2n) is 9.28. The normalized spacial score (nSPS) is 9.68. The third-order valence-corrected chi connectivity index (χ3v) is 5.53. The Labute approximate surface area is 294 Å². The molecule has 272 valence electrons. The molecule has 3 aromatic heterocycles. The summed E-state index contributed by atoms with van der Waals surface area (Å²) in [6.07, 6.45) is 2.76.